The number of carbonyl (C=O) groups excluding carboxylic acids is 3. The summed E-state index contributed by atoms with van der Waals surface area (Å²) in [5.74, 6) is 0.539. The molecule has 7 nitrogen and oxygen atoms in total. The molecular weight excluding hydrogens is 430 g/mol. The topological polar surface area (TPSA) is 87.7 Å². The second kappa shape index (κ2) is 12.2. The van der Waals surface area contributed by atoms with Gasteiger partial charge in [-0.15, -0.1) is 0 Å². The van der Waals surface area contributed by atoms with Crippen LogP contribution in [0.3, 0.4) is 0 Å². The molecule has 0 aromatic heterocycles. The van der Waals surface area contributed by atoms with E-state index in [1.807, 2.05) is 49.1 Å². The molecule has 34 heavy (non-hydrogen) atoms. The Kier molecular flexibility index (Phi) is 9.08. The SMILES string of the molecule is COc1ccc(C(=O)NC(C(=O)NCC(C)C)C2CCN(C(=O)Cc3ccccc3)CC2)cc1. The normalized spacial score (nSPS) is 15.0. The Morgan fingerprint density at radius 1 is 1.00 bits per heavy atom. The van der Waals surface area contributed by atoms with Crippen molar-refractivity contribution < 1.29 is 19.1 Å². The van der Waals surface area contributed by atoms with E-state index in [0.29, 0.717) is 56.1 Å². The Morgan fingerprint density at radius 2 is 1.65 bits per heavy atom. The quantitative estimate of drug-likeness (QED) is 0.596. The van der Waals surface area contributed by atoms with Crippen LogP contribution in [-0.4, -0.2) is 55.4 Å². The molecule has 0 aliphatic carbocycles. The van der Waals surface area contributed by atoms with E-state index in [1.165, 1.54) is 0 Å². The summed E-state index contributed by atoms with van der Waals surface area (Å²) in [6, 6.07) is 15.9. The molecule has 0 bridgehead atoms. The number of hydrogen-bond donors (Lipinski definition) is 2. The lowest BCUT2D eigenvalue weighted by Gasteiger charge is -2.36. The summed E-state index contributed by atoms with van der Waals surface area (Å²) in [5.41, 5.74) is 1.46. The molecule has 7 heteroatoms. The van der Waals surface area contributed by atoms with Crippen LogP contribution < -0.4 is 15.4 Å². The number of amides is 3. The van der Waals surface area contributed by atoms with Gasteiger partial charge in [-0.2, -0.15) is 0 Å². The van der Waals surface area contributed by atoms with Crippen LogP contribution >= 0.6 is 0 Å². The maximum absolute atomic E-state index is 13.0. The Bertz CT molecular complexity index is 952. The predicted molar refractivity (Wildman–Crippen MR) is 132 cm³/mol. The molecule has 1 heterocycles. The van der Waals surface area contributed by atoms with Crippen molar-refractivity contribution in [2.45, 2.75) is 39.2 Å². The largest absolute Gasteiger partial charge is 0.497 e. The highest BCUT2D eigenvalue weighted by Crippen LogP contribution is 2.23. The van der Waals surface area contributed by atoms with E-state index in [4.69, 9.17) is 4.74 Å². The molecule has 0 radical (unpaired) electrons. The molecule has 3 rings (SSSR count). The minimum atomic E-state index is -0.653. The number of nitrogens with zero attached hydrogens (tertiary/aromatic N) is 1. The van der Waals surface area contributed by atoms with Crippen LogP contribution in [0, 0.1) is 11.8 Å². The second-order valence-corrected chi connectivity index (χ2v) is 9.20. The third-order valence-electron chi connectivity index (χ3n) is 6.17. The first-order valence-electron chi connectivity index (χ1n) is 11.9. The average molecular weight is 466 g/mol. The fourth-order valence-corrected chi connectivity index (χ4v) is 4.14. The van der Waals surface area contributed by atoms with Crippen LogP contribution in [0.2, 0.25) is 0 Å². The zero-order valence-corrected chi connectivity index (χ0v) is 20.3. The van der Waals surface area contributed by atoms with Crippen molar-refractivity contribution in [2.24, 2.45) is 11.8 Å². The molecule has 2 N–H and O–H groups in total. The highest BCUT2D eigenvalue weighted by atomic mass is 16.5. The van der Waals surface area contributed by atoms with Crippen LogP contribution in [0.1, 0.15) is 42.6 Å². The first kappa shape index (κ1) is 25.3. The van der Waals surface area contributed by atoms with Crippen LogP contribution in [-0.2, 0) is 16.0 Å². The molecule has 182 valence electrons. The van der Waals surface area contributed by atoms with E-state index in [2.05, 4.69) is 10.6 Å². The van der Waals surface area contributed by atoms with E-state index in [9.17, 15) is 14.4 Å². The van der Waals surface area contributed by atoms with Gasteiger partial charge < -0.3 is 20.3 Å². The lowest BCUT2D eigenvalue weighted by atomic mass is 9.88. The Labute approximate surface area is 201 Å². The highest BCUT2D eigenvalue weighted by molar-refractivity contribution is 5.97. The molecule has 2 aromatic rings. The van der Waals surface area contributed by atoms with E-state index < -0.39 is 6.04 Å². The summed E-state index contributed by atoms with van der Waals surface area (Å²) in [6.07, 6.45) is 1.68. The summed E-state index contributed by atoms with van der Waals surface area (Å²) in [6.45, 7) is 5.75. The van der Waals surface area contributed by atoms with Crippen molar-refractivity contribution in [2.75, 3.05) is 26.7 Å². The third-order valence-corrected chi connectivity index (χ3v) is 6.17. The van der Waals surface area contributed by atoms with Gasteiger partial charge in [0, 0.05) is 25.2 Å². The maximum atomic E-state index is 13.0. The molecule has 1 aliphatic heterocycles. The summed E-state index contributed by atoms with van der Waals surface area (Å²) < 4.78 is 5.16. The summed E-state index contributed by atoms with van der Waals surface area (Å²) >= 11 is 0. The predicted octanol–water partition coefficient (Wildman–Crippen LogP) is 3.05. The zero-order chi connectivity index (χ0) is 24.5. The lowest BCUT2D eigenvalue weighted by molar-refractivity contribution is -0.132. The second-order valence-electron chi connectivity index (χ2n) is 9.20. The molecule has 1 aliphatic rings. The Balaban J connectivity index is 1.64. The number of piperidine rings is 1. The standard InChI is InChI=1S/C27H35N3O4/c1-19(2)18-28-27(33)25(29-26(32)22-9-11-23(34-3)12-10-22)21-13-15-30(16-14-21)24(31)17-20-7-5-4-6-8-20/h4-12,19,21,25H,13-18H2,1-3H3,(H,28,33)(H,29,32). The van der Waals surface area contributed by atoms with E-state index in [-0.39, 0.29) is 23.6 Å². The van der Waals surface area contributed by atoms with E-state index in [1.54, 1.807) is 31.4 Å². The lowest BCUT2D eigenvalue weighted by Crippen LogP contribution is -2.54. The van der Waals surface area contributed by atoms with Crippen molar-refractivity contribution in [3.8, 4) is 5.75 Å². The fourth-order valence-electron chi connectivity index (χ4n) is 4.14. The number of carbonyl (C=O) groups is 3. The number of likely N-dealkylation sites (tertiary alicyclic amines) is 1. The van der Waals surface area contributed by atoms with Crippen LogP contribution in [0.25, 0.3) is 0 Å². The van der Waals surface area contributed by atoms with Gasteiger partial charge in [-0.1, -0.05) is 44.2 Å². The number of rotatable bonds is 9. The molecule has 0 spiro atoms. The third kappa shape index (κ3) is 7.07. The Morgan fingerprint density at radius 3 is 2.24 bits per heavy atom. The van der Waals surface area contributed by atoms with Gasteiger partial charge >= 0.3 is 0 Å². The minimum Gasteiger partial charge on any atom is -0.497 e. The van der Waals surface area contributed by atoms with Gasteiger partial charge in [-0.05, 0) is 54.5 Å². The monoisotopic (exact) mass is 465 g/mol. The summed E-state index contributed by atoms with van der Waals surface area (Å²) in [4.78, 5) is 40.6. The fraction of sp³-hybridized carbons (Fsp3) is 0.444. The van der Waals surface area contributed by atoms with Crippen molar-refractivity contribution >= 4 is 17.7 Å². The van der Waals surface area contributed by atoms with E-state index >= 15 is 0 Å². The van der Waals surface area contributed by atoms with Crippen LogP contribution in [0.15, 0.2) is 54.6 Å². The van der Waals surface area contributed by atoms with Gasteiger partial charge in [0.2, 0.25) is 11.8 Å². The number of methoxy groups -OCH3 is 1. The molecular formula is C27H35N3O4. The number of nitrogens with one attached hydrogen (secondary N) is 2. The van der Waals surface area contributed by atoms with E-state index in [0.717, 1.165) is 5.56 Å². The molecule has 2 aromatic carbocycles. The van der Waals surface area contributed by atoms with Crippen molar-refractivity contribution in [3.63, 3.8) is 0 Å². The van der Waals surface area contributed by atoms with Crippen molar-refractivity contribution in [3.05, 3.63) is 65.7 Å². The first-order chi connectivity index (χ1) is 16.4. The molecule has 1 unspecified atom stereocenters. The summed E-state index contributed by atoms with van der Waals surface area (Å²) in [5, 5.41) is 5.92. The van der Waals surface area contributed by atoms with Gasteiger partial charge in [0.1, 0.15) is 11.8 Å². The van der Waals surface area contributed by atoms with Gasteiger partial charge in [0.25, 0.3) is 5.91 Å². The smallest absolute Gasteiger partial charge is 0.251 e. The van der Waals surface area contributed by atoms with Gasteiger partial charge in [-0.25, -0.2) is 0 Å². The van der Waals surface area contributed by atoms with Crippen molar-refractivity contribution in [1.82, 2.24) is 15.5 Å². The minimum absolute atomic E-state index is 0.0462. The van der Waals surface area contributed by atoms with Crippen LogP contribution in [0.5, 0.6) is 5.75 Å². The molecule has 1 saturated heterocycles. The van der Waals surface area contributed by atoms with Gasteiger partial charge in [0.05, 0.1) is 13.5 Å². The first-order valence-corrected chi connectivity index (χ1v) is 11.9. The Hall–Kier alpha value is -3.35. The molecule has 0 saturated carbocycles. The molecule has 3 amide bonds. The van der Waals surface area contributed by atoms with Crippen molar-refractivity contribution in [1.29, 1.82) is 0 Å². The number of hydrogen-bond acceptors (Lipinski definition) is 4. The molecule has 1 fully saturated rings. The number of benzene rings is 2. The zero-order valence-electron chi connectivity index (χ0n) is 20.3. The van der Waals surface area contributed by atoms with Gasteiger partial charge in [0.15, 0.2) is 0 Å². The van der Waals surface area contributed by atoms with Gasteiger partial charge in [-0.3, -0.25) is 14.4 Å². The highest BCUT2D eigenvalue weighted by Gasteiger charge is 2.34. The van der Waals surface area contributed by atoms with Crippen LogP contribution in [0.4, 0.5) is 0 Å². The summed E-state index contributed by atoms with van der Waals surface area (Å²) in [7, 11) is 1.57. The molecule has 1 atom stereocenters. The average Bonchev–Trinajstić information content (AvgIpc) is 2.86. The number of ether oxygens (including phenoxy) is 1. The maximum Gasteiger partial charge on any atom is 0.251 e.